The average Bonchev–Trinajstić information content (AvgIpc) is 3.22. The highest BCUT2D eigenvalue weighted by Gasteiger charge is 2.38. The van der Waals surface area contributed by atoms with Crippen molar-refractivity contribution in [1.82, 2.24) is 4.90 Å². The second-order valence-electron chi connectivity index (χ2n) is 5.22. The monoisotopic (exact) mass is 292 g/mol. The molecule has 1 atom stereocenters. The SMILES string of the molecule is Cc1cc(C(=O)N(C2CC2)C(C)C(=O)O)ccc1[N+](=O)[O-]. The van der Waals surface area contributed by atoms with Gasteiger partial charge in [-0.2, -0.15) is 0 Å². The molecule has 1 saturated carbocycles. The molecule has 112 valence electrons. The molecule has 1 aliphatic rings. The maximum Gasteiger partial charge on any atom is 0.326 e. The summed E-state index contributed by atoms with van der Waals surface area (Å²) in [6.45, 7) is 3.02. The number of aliphatic carboxylic acids is 1. The number of carboxylic acid groups (broad SMARTS) is 1. The first-order valence-corrected chi connectivity index (χ1v) is 6.63. The molecule has 1 N–H and O–H groups in total. The van der Waals surface area contributed by atoms with Crippen molar-refractivity contribution in [2.24, 2.45) is 0 Å². The molecule has 0 bridgehead atoms. The van der Waals surface area contributed by atoms with E-state index in [-0.39, 0.29) is 17.3 Å². The summed E-state index contributed by atoms with van der Waals surface area (Å²) in [5.41, 5.74) is 0.596. The summed E-state index contributed by atoms with van der Waals surface area (Å²) >= 11 is 0. The number of hydrogen-bond donors (Lipinski definition) is 1. The summed E-state index contributed by atoms with van der Waals surface area (Å²) in [4.78, 5) is 35.3. The molecule has 0 radical (unpaired) electrons. The summed E-state index contributed by atoms with van der Waals surface area (Å²) in [5, 5.41) is 19.9. The maximum atomic E-state index is 12.5. The van der Waals surface area contributed by atoms with Gasteiger partial charge in [0, 0.05) is 23.2 Å². The fourth-order valence-corrected chi connectivity index (χ4v) is 2.27. The lowest BCUT2D eigenvalue weighted by atomic mass is 10.1. The van der Waals surface area contributed by atoms with Gasteiger partial charge in [0.15, 0.2) is 0 Å². The van der Waals surface area contributed by atoms with Crippen LogP contribution in [0.15, 0.2) is 18.2 Å². The zero-order valence-electron chi connectivity index (χ0n) is 11.8. The van der Waals surface area contributed by atoms with Crippen molar-refractivity contribution in [2.75, 3.05) is 0 Å². The van der Waals surface area contributed by atoms with Gasteiger partial charge in [-0.15, -0.1) is 0 Å². The predicted octanol–water partition coefficient (Wildman–Crippen LogP) is 1.98. The Hall–Kier alpha value is -2.44. The van der Waals surface area contributed by atoms with Crippen LogP contribution in [0, 0.1) is 17.0 Å². The second kappa shape index (κ2) is 5.51. The molecular formula is C14H16N2O5. The summed E-state index contributed by atoms with van der Waals surface area (Å²) < 4.78 is 0. The third-order valence-corrected chi connectivity index (χ3v) is 3.59. The molecule has 1 aromatic carbocycles. The molecule has 0 saturated heterocycles. The van der Waals surface area contributed by atoms with Crippen LogP contribution in [-0.4, -0.2) is 38.9 Å². The minimum absolute atomic E-state index is 0.0564. The van der Waals surface area contributed by atoms with E-state index in [4.69, 9.17) is 5.11 Å². The van der Waals surface area contributed by atoms with Crippen molar-refractivity contribution in [1.29, 1.82) is 0 Å². The molecule has 1 aromatic rings. The first kappa shape index (κ1) is 15.0. The van der Waals surface area contributed by atoms with E-state index in [1.807, 2.05) is 0 Å². The third-order valence-electron chi connectivity index (χ3n) is 3.59. The first-order valence-electron chi connectivity index (χ1n) is 6.63. The lowest BCUT2D eigenvalue weighted by Crippen LogP contribution is -2.44. The molecule has 0 heterocycles. The van der Waals surface area contributed by atoms with Crippen molar-refractivity contribution in [3.8, 4) is 0 Å². The Morgan fingerprint density at radius 3 is 2.48 bits per heavy atom. The van der Waals surface area contributed by atoms with Crippen LogP contribution in [0.3, 0.4) is 0 Å². The van der Waals surface area contributed by atoms with Crippen LogP contribution in [0.2, 0.25) is 0 Å². The Morgan fingerprint density at radius 1 is 1.43 bits per heavy atom. The van der Waals surface area contributed by atoms with Gasteiger partial charge in [0.1, 0.15) is 6.04 Å². The molecule has 1 unspecified atom stereocenters. The van der Waals surface area contributed by atoms with Crippen molar-refractivity contribution in [3.63, 3.8) is 0 Å². The summed E-state index contributed by atoms with van der Waals surface area (Å²) in [6.07, 6.45) is 1.57. The molecule has 1 fully saturated rings. The number of carbonyl (C=O) groups excluding carboxylic acids is 1. The minimum atomic E-state index is -1.06. The topological polar surface area (TPSA) is 101 Å². The highest BCUT2D eigenvalue weighted by molar-refractivity contribution is 5.97. The molecule has 21 heavy (non-hydrogen) atoms. The minimum Gasteiger partial charge on any atom is -0.480 e. The van der Waals surface area contributed by atoms with Crippen molar-refractivity contribution < 1.29 is 19.6 Å². The van der Waals surface area contributed by atoms with E-state index in [9.17, 15) is 19.7 Å². The van der Waals surface area contributed by atoms with Crippen LogP contribution in [0.5, 0.6) is 0 Å². The van der Waals surface area contributed by atoms with Crippen molar-refractivity contribution in [2.45, 2.75) is 38.8 Å². The third kappa shape index (κ3) is 3.01. The van der Waals surface area contributed by atoms with Gasteiger partial charge in [0.05, 0.1) is 4.92 Å². The number of nitro benzene ring substituents is 1. The van der Waals surface area contributed by atoms with Gasteiger partial charge in [-0.25, -0.2) is 4.79 Å². The molecular weight excluding hydrogens is 276 g/mol. The van der Waals surface area contributed by atoms with E-state index in [2.05, 4.69) is 0 Å². The van der Waals surface area contributed by atoms with Gasteiger partial charge in [0.25, 0.3) is 11.6 Å². The van der Waals surface area contributed by atoms with Crippen LogP contribution in [-0.2, 0) is 4.79 Å². The summed E-state index contributed by atoms with van der Waals surface area (Å²) in [7, 11) is 0. The second-order valence-corrected chi connectivity index (χ2v) is 5.22. The fourth-order valence-electron chi connectivity index (χ4n) is 2.27. The molecule has 0 spiro atoms. The van der Waals surface area contributed by atoms with Crippen LogP contribution in [0.1, 0.15) is 35.7 Å². The molecule has 0 aliphatic heterocycles. The van der Waals surface area contributed by atoms with Gasteiger partial charge in [-0.1, -0.05) is 0 Å². The molecule has 1 aliphatic carbocycles. The predicted molar refractivity (Wildman–Crippen MR) is 74.1 cm³/mol. The Kier molecular flexibility index (Phi) is 3.93. The molecule has 7 nitrogen and oxygen atoms in total. The van der Waals surface area contributed by atoms with Crippen LogP contribution in [0.4, 0.5) is 5.69 Å². The Balaban J connectivity index is 2.31. The zero-order valence-corrected chi connectivity index (χ0v) is 11.8. The van der Waals surface area contributed by atoms with E-state index < -0.39 is 22.8 Å². The number of carboxylic acids is 1. The van der Waals surface area contributed by atoms with Crippen LogP contribution in [0.25, 0.3) is 0 Å². The van der Waals surface area contributed by atoms with Gasteiger partial charge in [-0.05, 0) is 38.8 Å². The van der Waals surface area contributed by atoms with E-state index in [0.29, 0.717) is 5.56 Å². The summed E-state index contributed by atoms with van der Waals surface area (Å²) in [5.74, 6) is -1.46. The smallest absolute Gasteiger partial charge is 0.326 e. The number of carbonyl (C=O) groups is 2. The van der Waals surface area contributed by atoms with Crippen LogP contribution >= 0.6 is 0 Å². The van der Waals surface area contributed by atoms with Gasteiger partial charge < -0.3 is 10.0 Å². The van der Waals surface area contributed by atoms with E-state index in [0.717, 1.165) is 12.8 Å². The normalized spacial score (nSPS) is 15.3. The molecule has 7 heteroatoms. The highest BCUT2D eigenvalue weighted by atomic mass is 16.6. The lowest BCUT2D eigenvalue weighted by Gasteiger charge is -2.26. The standard InChI is InChI=1S/C14H16N2O5/c1-8-7-10(3-6-12(8)16(20)21)13(17)15(11-4-5-11)9(2)14(18)19/h3,6-7,9,11H,4-5H2,1-2H3,(H,18,19). The van der Waals surface area contributed by atoms with E-state index in [1.54, 1.807) is 6.92 Å². The number of nitrogens with zero attached hydrogens (tertiary/aromatic N) is 2. The van der Waals surface area contributed by atoms with Crippen molar-refractivity contribution >= 4 is 17.6 Å². The molecule has 0 aromatic heterocycles. The number of amides is 1. The van der Waals surface area contributed by atoms with E-state index >= 15 is 0 Å². The summed E-state index contributed by atoms with van der Waals surface area (Å²) in [6, 6.07) is 3.11. The number of aryl methyl sites for hydroxylation is 1. The lowest BCUT2D eigenvalue weighted by molar-refractivity contribution is -0.385. The number of nitro groups is 1. The van der Waals surface area contributed by atoms with Gasteiger partial charge in [0.2, 0.25) is 0 Å². The Bertz CT molecular complexity index is 609. The fraction of sp³-hybridized carbons (Fsp3) is 0.429. The zero-order chi connectivity index (χ0) is 15.7. The van der Waals surface area contributed by atoms with Crippen LogP contribution < -0.4 is 0 Å². The van der Waals surface area contributed by atoms with Gasteiger partial charge in [-0.3, -0.25) is 14.9 Å². The number of benzene rings is 1. The number of rotatable bonds is 5. The quantitative estimate of drug-likeness (QED) is 0.660. The maximum absolute atomic E-state index is 12.5. The van der Waals surface area contributed by atoms with E-state index in [1.165, 1.54) is 30.0 Å². The van der Waals surface area contributed by atoms with Gasteiger partial charge >= 0.3 is 5.97 Å². The highest BCUT2D eigenvalue weighted by Crippen LogP contribution is 2.31. The number of hydrogen-bond acceptors (Lipinski definition) is 4. The van der Waals surface area contributed by atoms with Crippen molar-refractivity contribution in [3.05, 3.63) is 39.4 Å². The Labute approximate surface area is 121 Å². The molecule has 1 amide bonds. The molecule has 2 rings (SSSR count). The average molecular weight is 292 g/mol. The largest absolute Gasteiger partial charge is 0.480 e. The Morgan fingerprint density at radius 2 is 2.05 bits per heavy atom. The first-order chi connectivity index (χ1) is 9.82.